The van der Waals surface area contributed by atoms with Crippen molar-refractivity contribution < 1.29 is 9.21 Å². The molecule has 0 aliphatic heterocycles. The average Bonchev–Trinajstić information content (AvgIpc) is 3.14. The summed E-state index contributed by atoms with van der Waals surface area (Å²) in [4.78, 5) is 17.9. The zero-order valence-electron chi connectivity index (χ0n) is 12.1. The van der Waals surface area contributed by atoms with E-state index in [1.807, 2.05) is 24.3 Å². The first kappa shape index (κ1) is 16.4. The van der Waals surface area contributed by atoms with Crippen molar-refractivity contribution in [1.29, 1.82) is 0 Å². The van der Waals surface area contributed by atoms with Gasteiger partial charge in [0.25, 0.3) is 5.91 Å². The highest BCUT2D eigenvalue weighted by molar-refractivity contribution is 9.10. The number of hydrogen-bond donors (Lipinski definition) is 1. The van der Waals surface area contributed by atoms with E-state index in [0.717, 1.165) is 27.0 Å². The number of aryl methyl sites for hydroxylation is 1. The average molecular weight is 456 g/mol. The SMILES string of the molecule is CCc1sc(NC(=O)c2ccc(Br)o2)nc1-c1ccc(Br)cc1. The Hall–Kier alpha value is -1.44. The third kappa shape index (κ3) is 3.73. The van der Waals surface area contributed by atoms with Crippen molar-refractivity contribution in [3.8, 4) is 11.3 Å². The number of hydrogen-bond acceptors (Lipinski definition) is 4. The monoisotopic (exact) mass is 454 g/mol. The summed E-state index contributed by atoms with van der Waals surface area (Å²) in [7, 11) is 0. The molecule has 1 aromatic carbocycles. The molecule has 0 spiro atoms. The first-order valence-electron chi connectivity index (χ1n) is 6.89. The second kappa shape index (κ2) is 6.98. The molecule has 3 rings (SSSR count). The minimum atomic E-state index is -0.311. The molecule has 0 atom stereocenters. The molecule has 4 nitrogen and oxygen atoms in total. The van der Waals surface area contributed by atoms with Gasteiger partial charge >= 0.3 is 0 Å². The fourth-order valence-electron chi connectivity index (χ4n) is 2.07. The third-order valence-electron chi connectivity index (χ3n) is 3.15. The first-order chi connectivity index (χ1) is 11.1. The fraction of sp³-hybridized carbons (Fsp3) is 0.125. The van der Waals surface area contributed by atoms with E-state index >= 15 is 0 Å². The number of benzene rings is 1. The Balaban J connectivity index is 1.87. The van der Waals surface area contributed by atoms with Crippen molar-refractivity contribution in [2.45, 2.75) is 13.3 Å². The van der Waals surface area contributed by atoms with Crippen LogP contribution in [0.25, 0.3) is 11.3 Å². The Labute approximate surface area is 154 Å². The van der Waals surface area contributed by atoms with Crippen LogP contribution in [0, 0.1) is 0 Å². The van der Waals surface area contributed by atoms with E-state index in [0.29, 0.717) is 9.80 Å². The molecule has 1 amide bonds. The van der Waals surface area contributed by atoms with Gasteiger partial charge in [-0.1, -0.05) is 35.0 Å². The van der Waals surface area contributed by atoms with Gasteiger partial charge in [-0.25, -0.2) is 4.98 Å². The summed E-state index contributed by atoms with van der Waals surface area (Å²) in [5, 5.41) is 3.36. The molecule has 0 bridgehead atoms. The zero-order chi connectivity index (χ0) is 16.4. The molecule has 3 aromatic rings. The van der Waals surface area contributed by atoms with Gasteiger partial charge in [-0.05, 0) is 46.6 Å². The number of nitrogens with zero attached hydrogens (tertiary/aromatic N) is 1. The molecule has 0 saturated heterocycles. The standard InChI is InChI=1S/C16H12Br2N2O2S/c1-2-12-14(9-3-5-10(17)6-4-9)19-16(23-12)20-15(21)11-7-8-13(18)22-11/h3-8H,2H2,1H3,(H,19,20,21). The van der Waals surface area contributed by atoms with Gasteiger partial charge in [0, 0.05) is 14.9 Å². The molecule has 0 saturated carbocycles. The van der Waals surface area contributed by atoms with Crippen molar-refractivity contribution in [2.75, 3.05) is 5.32 Å². The lowest BCUT2D eigenvalue weighted by atomic mass is 10.1. The maximum absolute atomic E-state index is 12.2. The van der Waals surface area contributed by atoms with Crippen LogP contribution < -0.4 is 5.32 Å². The summed E-state index contributed by atoms with van der Waals surface area (Å²) in [6, 6.07) is 11.3. The molecule has 0 fully saturated rings. The molecule has 1 N–H and O–H groups in total. The summed E-state index contributed by atoms with van der Waals surface area (Å²) >= 11 is 8.10. The van der Waals surface area contributed by atoms with Crippen LogP contribution in [0.3, 0.4) is 0 Å². The predicted octanol–water partition coefficient (Wildman–Crippen LogP) is 5.74. The number of rotatable bonds is 4. The van der Waals surface area contributed by atoms with E-state index < -0.39 is 0 Å². The number of aromatic nitrogens is 1. The van der Waals surface area contributed by atoms with Gasteiger partial charge in [-0.2, -0.15) is 0 Å². The van der Waals surface area contributed by atoms with Crippen molar-refractivity contribution in [3.05, 3.63) is 56.2 Å². The minimum absolute atomic E-state index is 0.246. The van der Waals surface area contributed by atoms with Crippen LogP contribution >= 0.6 is 43.2 Å². The summed E-state index contributed by atoms with van der Waals surface area (Å²) in [6.07, 6.45) is 0.852. The second-order valence-corrected chi connectivity index (χ2v) is 7.49. The molecule has 0 radical (unpaired) electrons. The number of furan rings is 1. The molecule has 0 unspecified atom stereocenters. The van der Waals surface area contributed by atoms with Crippen LogP contribution in [0.2, 0.25) is 0 Å². The van der Waals surface area contributed by atoms with Crippen molar-refractivity contribution >= 4 is 54.2 Å². The molecule has 118 valence electrons. The minimum Gasteiger partial charge on any atom is -0.444 e. The molecule has 0 aliphatic rings. The van der Waals surface area contributed by atoms with Crippen molar-refractivity contribution in [2.24, 2.45) is 0 Å². The summed E-state index contributed by atoms with van der Waals surface area (Å²) in [5.74, 6) is -0.0650. The van der Waals surface area contributed by atoms with Gasteiger partial charge in [-0.15, -0.1) is 11.3 Å². The van der Waals surface area contributed by atoms with E-state index in [2.05, 4.69) is 49.1 Å². The molecular weight excluding hydrogens is 444 g/mol. The molecular formula is C16H12Br2N2O2S. The Morgan fingerprint density at radius 3 is 2.57 bits per heavy atom. The smallest absolute Gasteiger partial charge is 0.293 e. The van der Waals surface area contributed by atoms with Gasteiger partial charge in [0.15, 0.2) is 15.6 Å². The number of nitrogens with one attached hydrogen (secondary N) is 1. The maximum Gasteiger partial charge on any atom is 0.293 e. The van der Waals surface area contributed by atoms with Gasteiger partial charge in [0.05, 0.1) is 5.69 Å². The van der Waals surface area contributed by atoms with Crippen LogP contribution in [-0.4, -0.2) is 10.9 Å². The summed E-state index contributed by atoms with van der Waals surface area (Å²) in [6.45, 7) is 2.07. The van der Waals surface area contributed by atoms with Crippen LogP contribution in [-0.2, 0) is 6.42 Å². The van der Waals surface area contributed by atoms with E-state index in [9.17, 15) is 4.79 Å². The van der Waals surface area contributed by atoms with E-state index in [4.69, 9.17) is 4.42 Å². The Morgan fingerprint density at radius 1 is 1.22 bits per heavy atom. The van der Waals surface area contributed by atoms with Gasteiger partial charge in [0.2, 0.25) is 0 Å². The highest BCUT2D eigenvalue weighted by Crippen LogP contribution is 2.32. The number of amides is 1. The normalized spacial score (nSPS) is 10.7. The van der Waals surface area contributed by atoms with Gasteiger partial charge in [-0.3, -0.25) is 10.1 Å². The number of thiazole rings is 1. The van der Waals surface area contributed by atoms with E-state index in [1.54, 1.807) is 12.1 Å². The lowest BCUT2D eigenvalue weighted by Crippen LogP contribution is -2.10. The molecule has 23 heavy (non-hydrogen) atoms. The molecule has 0 aliphatic carbocycles. The first-order valence-corrected chi connectivity index (χ1v) is 9.29. The third-order valence-corrected chi connectivity index (χ3v) is 5.22. The fourth-order valence-corrected chi connectivity index (χ4v) is 3.56. The molecule has 2 heterocycles. The van der Waals surface area contributed by atoms with Gasteiger partial charge < -0.3 is 4.42 Å². The lowest BCUT2D eigenvalue weighted by molar-refractivity contribution is 0.0995. The Morgan fingerprint density at radius 2 is 1.96 bits per heavy atom. The highest BCUT2D eigenvalue weighted by atomic mass is 79.9. The van der Waals surface area contributed by atoms with E-state index in [-0.39, 0.29) is 11.7 Å². The maximum atomic E-state index is 12.2. The largest absolute Gasteiger partial charge is 0.444 e. The van der Waals surface area contributed by atoms with Crippen LogP contribution in [0.4, 0.5) is 5.13 Å². The lowest BCUT2D eigenvalue weighted by Gasteiger charge is -2.00. The van der Waals surface area contributed by atoms with Gasteiger partial charge in [0.1, 0.15) is 0 Å². The number of halogens is 2. The van der Waals surface area contributed by atoms with Crippen LogP contribution in [0.5, 0.6) is 0 Å². The summed E-state index contributed by atoms with van der Waals surface area (Å²) < 4.78 is 6.79. The summed E-state index contributed by atoms with van der Waals surface area (Å²) in [5.41, 5.74) is 1.93. The van der Waals surface area contributed by atoms with Crippen LogP contribution in [0.15, 0.2) is 50.0 Å². The zero-order valence-corrected chi connectivity index (χ0v) is 16.1. The quantitative estimate of drug-likeness (QED) is 0.545. The topological polar surface area (TPSA) is 55.1 Å². The van der Waals surface area contributed by atoms with Crippen LogP contribution in [0.1, 0.15) is 22.4 Å². The number of anilines is 1. The molecule has 7 heteroatoms. The van der Waals surface area contributed by atoms with Crippen molar-refractivity contribution in [3.63, 3.8) is 0 Å². The number of carbonyl (C=O) groups is 1. The predicted molar refractivity (Wildman–Crippen MR) is 99.0 cm³/mol. The van der Waals surface area contributed by atoms with E-state index in [1.165, 1.54) is 11.3 Å². The second-order valence-electron chi connectivity index (χ2n) is 4.71. The van der Waals surface area contributed by atoms with Crippen molar-refractivity contribution in [1.82, 2.24) is 4.98 Å². The number of carbonyl (C=O) groups excluding carboxylic acids is 1. The molecule has 2 aromatic heterocycles. The highest BCUT2D eigenvalue weighted by Gasteiger charge is 2.16. The Bertz CT molecular complexity index is 840. The Kier molecular flexibility index (Phi) is 4.99.